The molecule has 1 aliphatic rings. The quantitative estimate of drug-likeness (QED) is 0.643. The number of hydrogen-bond donors (Lipinski definition) is 2. The van der Waals surface area contributed by atoms with Crippen LogP contribution in [0.1, 0.15) is 38.3 Å². The number of rotatable bonds is 4. The topological polar surface area (TPSA) is 85.6 Å². The van der Waals surface area contributed by atoms with Crippen LogP contribution in [0.5, 0.6) is 0 Å². The Hall–Kier alpha value is -1.74. The van der Waals surface area contributed by atoms with Gasteiger partial charge in [-0.15, -0.1) is 0 Å². The Morgan fingerprint density at radius 1 is 1.29 bits per heavy atom. The summed E-state index contributed by atoms with van der Waals surface area (Å²) < 4.78 is 0. The highest BCUT2D eigenvalue weighted by atomic mass is 32.2. The van der Waals surface area contributed by atoms with Gasteiger partial charge in [-0.1, -0.05) is 24.8 Å². The zero-order chi connectivity index (χ0) is 17.5. The molecule has 2 N–H and O–H groups in total. The third kappa shape index (κ3) is 2.86. The first-order chi connectivity index (χ1) is 11.4. The van der Waals surface area contributed by atoms with Crippen LogP contribution in [0.15, 0.2) is 29.6 Å². The molecule has 24 heavy (non-hydrogen) atoms. The summed E-state index contributed by atoms with van der Waals surface area (Å²) in [4.78, 5) is 13.4. The van der Waals surface area contributed by atoms with E-state index in [1.807, 2.05) is 25.3 Å². The smallest absolute Gasteiger partial charge is 0.189 e. The molecule has 2 aromatic heterocycles. The Labute approximate surface area is 145 Å². The van der Waals surface area contributed by atoms with Crippen molar-refractivity contribution in [2.75, 3.05) is 17.8 Å². The van der Waals surface area contributed by atoms with Crippen LogP contribution in [0.4, 0.5) is 11.6 Å². The van der Waals surface area contributed by atoms with Crippen LogP contribution in [0, 0.1) is 0 Å². The largest absolute Gasteiger partial charge is 0.384 e. The summed E-state index contributed by atoms with van der Waals surface area (Å²) in [5, 5.41) is 25.0. The van der Waals surface area contributed by atoms with Crippen LogP contribution in [-0.4, -0.2) is 43.0 Å². The minimum Gasteiger partial charge on any atom is -0.384 e. The van der Waals surface area contributed by atoms with Crippen LogP contribution >= 0.6 is 11.8 Å². The second kappa shape index (κ2) is 6.29. The van der Waals surface area contributed by atoms with Gasteiger partial charge in [0.05, 0.1) is 11.3 Å². The Bertz CT molecular complexity index is 749. The Balaban J connectivity index is 2.13. The van der Waals surface area contributed by atoms with Crippen LogP contribution in [0.25, 0.3) is 0 Å². The fraction of sp³-hybridized carbons (Fsp3) is 0.438. The predicted molar refractivity (Wildman–Crippen MR) is 92.8 cm³/mol. The fourth-order valence-electron chi connectivity index (χ4n) is 2.64. The molecule has 0 radical (unpaired) electrons. The third-order valence-electron chi connectivity index (χ3n) is 3.88. The maximum atomic E-state index is 10.6. The van der Waals surface area contributed by atoms with Crippen molar-refractivity contribution in [3.8, 4) is 0 Å². The molecule has 8 heteroatoms. The van der Waals surface area contributed by atoms with E-state index in [-0.39, 0.29) is 0 Å². The molecule has 2 aromatic rings. The molecule has 0 aliphatic carbocycles. The molecule has 0 bridgehead atoms. The van der Waals surface area contributed by atoms with E-state index in [1.54, 1.807) is 36.1 Å². The van der Waals surface area contributed by atoms with E-state index in [1.165, 1.54) is 11.8 Å². The van der Waals surface area contributed by atoms with Crippen molar-refractivity contribution in [2.24, 2.45) is 0 Å². The first kappa shape index (κ1) is 17.1. The maximum absolute atomic E-state index is 10.6. The van der Waals surface area contributed by atoms with Gasteiger partial charge in [0, 0.05) is 12.7 Å². The molecule has 0 spiro atoms. The molecular weight excluding hydrogens is 326 g/mol. The van der Waals surface area contributed by atoms with Crippen molar-refractivity contribution in [3.63, 3.8) is 0 Å². The Morgan fingerprint density at radius 3 is 2.67 bits per heavy atom. The summed E-state index contributed by atoms with van der Waals surface area (Å²) in [5.41, 5.74) is 0.146. The molecule has 0 saturated heterocycles. The van der Waals surface area contributed by atoms with Gasteiger partial charge in [0.25, 0.3) is 0 Å². The number of nitrogens with zero attached hydrogens (tertiary/aromatic N) is 5. The molecule has 3 heterocycles. The molecule has 0 amide bonds. The lowest BCUT2D eigenvalue weighted by molar-refractivity contribution is 0.0198. The van der Waals surface area contributed by atoms with Gasteiger partial charge in [-0.3, -0.25) is 0 Å². The van der Waals surface area contributed by atoms with Crippen molar-refractivity contribution in [3.05, 3.63) is 35.7 Å². The van der Waals surface area contributed by atoms with Gasteiger partial charge in [-0.25, -0.2) is 20.0 Å². The number of pyridine rings is 1. The lowest BCUT2D eigenvalue weighted by atomic mass is 10.1. The summed E-state index contributed by atoms with van der Waals surface area (Å²) in [6.45, 7) is 5.90. The van der Waals surface area contributed by atoms with E-state index < -0.39 is 11.8 Å². The standard InChI is InChI=1S/C16H21N5O2S/c1-5-20-14(22)10-9-17-15(24-4)19-13(10)21(20)12-8-6-7-11(18-12)16(2,3)23/h6-9,14,22-23H,5H2,1-4H3. The van der Waals surface area contributed by atoms with Crippen LogP contribution in [0.2, 0.25) is 0 Å². The van der Waals surface area contributed by atoms with Crippen LogP contribution in [0.3, 0.4) is 0 Å². The van der Waals surface area contributed by atoms with Gasteiger partial charge < -0.3 is 10.2 Å². The molecule has 0 fully saturated rings. The van der Waals surface area contributed by atoms with E-state index in [9.17, 15) is 10.2 Å². The number of aliphatic hydroxyl groups excluding tert-OH is 1. The van der Waals surface area contributed by atoms with E-state index in [4.69, 9.17) is 0 Å². The van der Waals surface area contributed by atoms with Gasteiger partial charge in [0.1, 0.15) is 11.4 Å². The van der Waals surface area contributed by atoms with Crippen molar-refractivity contribution in [2.45, 2.75) is 37.8 Å². The van der Waals surface area contributed by atoms with E-state index in [0.717, 1.165) is 0 Å². The molecular formula is C16H21N5O2S. The van der Waals surface area contributed by atoms with Crippen molar-refractivity contribution >= 4 is 23.4 Å². The second-order valence-corrected chi connectivity index (χ2v) is 6.79. The van der Waals surface area contributed by atoms with E-state index in [0.29, 0.717) is 34.6 Å². The number of thioether (sulfide) groups is 1. The highest BCUT2D eigenvalue weighted by Gasteiger charge is 2.38. The predicted octanol–water partition coefficient (Wildman–Crippen LogP) is 2.20. The molecule has 128 valence electrons. The summed E-state index contributed by atoms with van der Waals surface area (Å²) in [6.07, 6.45) is 2.73. The van der Waals surface area contributed by atoms with Crippen molar-refractivity contribution in [1.82, 2.24) is 20.0 Å². The SMILES string of the molecule is CCN1C(O)c2cnc(SC)nc2N1c1cccc(C(C)(C)O)n1. The molecule has 7 nitrogen and oxygen atoms in total. The normalized spacial score (nSPS) is 18.1. The number of aliphatic hydroxyl groups is 2. The van der Waals surface area contributed by atoms with E-state index in [2.05, 4.69) is 15.0 Å². The van der Waals surface area contributed by atoms with Gasteiger partial charge >= 0.3 is 0 Å². The number of anilines is 2. The second-order valence-electron chi connectivity index (χ2n) is 6.02. The average Bonchev–Trinajstić information content (AvgIpc) is 2.85. The Morgan fingerprint density at radius 2 is 2.04 bits per heavy atom. The van der Waals surface area contributed by atoms with Gasteiger partial charge in [-0.05, 0) is 32.2 Å². The van der Waals surface area contributed by atoms with E-state index >= 15 is 0 Å². The number of hydrazine groups is 1. The summed E-state index contributed by atoms with van der Waals surface area (Å²) in [5.74, 6) is 1.21. The van der Waals surface area contributed by atoms with Gasteiger partial charge in [0.2, 0.25) is 0 Å². The number of aromatic nitrogens is 3. The monoisotopic (exact) mass is 347 g/mol. The molecule has 1 aliphatic heterocycles. The first-order valence-electron chi connectivity index (χ1n) is 7.72. The summed E-state index contributed by atoms with van der Waals surface area (Å²) in [6, 6.07) is 5.45. The lowest BCUT2D eigenvalue weighted by Crippen LogP contribution is -2.37. The zero-order valence-electron chi connectivity index (χ0n) is 14.1. The first-order valence-corrected chi connectivity index (χ1v) is 8.95. The number of hydrogen-bond acceptors (Lipinski definition) is 8. The number of fused-ring (bicyclic) bond motifs is 1. The van der Waals surface area contributed by atoms with Gasteiger partial charge in [0.15, 0.2) is 17.2 Å². The zero-order valence-corrected chi connectivity index (χ0v) is 14.9. The highest BCUT2D eigenvalue weighted by molar-refractivity contribution is 7.98. The van der Waals surface area contributed by atoms with Crippen molar-refractivity contribution in [1.29, 1.82) is 0 Å². The third-order valence-corrected chi connectivity index (χ3v) is 4.44. The van der Waals surface area contributed by atoms with Gasteiger partial charge in [-0.2, -0.15) is 5.01 Å². The molecule has 1 unspecified atom stereocenters. The minimum absolute atomic E-state index is 0.554. The average molecular weight is 347 g/mol. The van der Waals surface area contributed by atoms with Crippen LogP contribution < -0.4 is 5.01 Å². The molecule has 0 saturated carbocycles. The van der Waals surface area contributed by atoms with Crippen LogP contribution in [-0.2, 0) is 5.60 Å². The maximum Gasteiger partial charge on any atom is 0.189 e. The summed E-state index contributed by atoms with van der Waals surface area (Å²) in [7, 11) is 0. The van der Waals surface area contributed by atoms with Crippen molar-refractivity contribution < 1.29 is 10.2 Å². The molecule has 0 aromatic carbocycles. The summed E-state index contributed by atoms with van der Waals surface area (Å²) >= 11 is 1.44. The minimum atomic E-state index is -1.05. The highest BCUT2D eigenvalue weighted by Crippen LogP contribution is 2.41. The molecule has 3 rings (SSSR count). The lowest BCUT2D eigenvalue weighted by Gasteiger charge is -2.30. The fourth-order valence-corrected chi connectivity index (χ4v) is 2.98. The Kier molecular flexibility index (Phi) is 4.48. The molecule has 1 atom stereocenters.